The predicted octanol–water partition coefficient (Wildman–Crippen LogP) is 2.83. The Hall–Kier alpha value is -2.58. The van der Waals surface area contributed by atoms with E-state index in [1.165, 1.54) is 6.07 Å². The van der Waals surface area contributed by atoms with Crippen LogP contribution in [-0.4, -0.2) is 29.3 Å². The van der Waals surface area contributed by atoms with Gasteiger partial charge in [-0.25, -0.2) is 8.78 Å². The number of nitro groups is 1. The fourth-order valence-electron chi connectivity index (χ4n) is 1.91. The number of ether oxygens (including phenoxy) is 2. The van der Waals surface area contributed by atoms with Crippen molar-refractivity contribution in [2.75, 3.05) is 13.2 Å². The van der Waals surface area contributed by atoms with Gasteiger partial charge in [-0.05, 0) is 18.2 Å². The van der Waals surface area contributed by atoms with Crippen LogP contribution in [0.15, 0.2) is 42.5 Å². The predicted molar refractivity (Wildman–Crippen MR) is 80.6 cm³/mol. The maximum absolute atomic E-state index is 13.4. The molecule has 0 aliphatic heterocycles. The van der Waals surface area contributed by atoms with Gasteiger partial charge in [-0.15, -0.1) is 0 Å². The van der Waals surface area contributed by atoms with Gasteiger partial charge in [0.2, 0.25) is 0 Å². The van der Waals surface area contributed by atoms with Gasteiger partial charge in [0.25, 0.3) is 0 Å². The Bertz CT molecular complexity index is 711. The topological polar surface area (TPSA) is 81.8 Å². The number of benzene rings is 2. The fraction of sp³-hybridized carbons (Fsp3) is 0.250. The molecule has 0 amide bonds. The van der Waals surface area contributed by atoms with Crippen LogP contribution in [-0.2, 0) is 11.3 Å². The van der Waals surface area contributed by atoms with Crippen LogP contribution in [0.1, 0.15) is 5.56 Å². The van der Waals surface area contributed by atoms with E-state index in [4.69, 9.17) is 9.47 Å². The molecule has 0 aliphatic rings. The van der Waals surface area contributed by atoms with Crippen LogP contribution in [0.25, 0.3) is 0 Å². The third-order valence-electron chi connectivity index (χ3n) is 3.07. The summed E-state index contributed by atoms with van der Waals surface area (Å²) in [5, 5.41) is 20.6. The molecule has 0 fully saturated rings. The Morgan fingerprint density at radius 1 is 1.17 bits per heavy atom. The first-order chi connectivity index (χ1) is 11.5. The number of hydrogen-bond donors (Lipinski definition) is 1. The molecule has 0 aliphatic carbocycles. The van der Waals surface area contributed by atoms with Gasteiger partial charge < -0.3 is 14.6 Å². The van der Waals surface area contributed by atoms with Gasteiger partial charge in [0.15, 0.2) is 5.75 Å². The van der Waals surface area contributed by atoms with Crippen LogP contribution >= 0.6 is 0 Å². The van der Waals surface area contributed by atoms with E-state index in [0.29, 0.717) is 5.56 Å². The molecule has 24 heavy (non-hydrogen) atoms. The summed E-state index contributed by atoms with van der Waals surface area (Å²) in [7, 11) is 0. The first-order valence-corrected chi connectivity index (χ1v) is 7.03. The van der Waals surface area contributed by atoms with E-state index in [-0.39, 0.29) is 25.6 Å². The highest BCUT2D eigenvalue weighted by molar-refractivity contribution is 5.46. The molecule has 1 unspecified atom stereocenters. The minimum atomic E-state index is -1.08. The average molecular weight is 339 g/mol. The molecular weight excluding hydrogens is 324 g/mol. The molecule has 0 spiro atoms. The van der Waals surface area contributed by atoms with Crippen LogP contribution < -0.4 is 4.74 Å². The van der Waals surface area contributed by atoms with Gasteiger partial charge in [-0.1, -0.05) is 18.2 Å². The zero-order valence-corrected chi connectivity index (χ0v) is 12.5. The van der Waals surface area contributed by atoms with E-state index < -0.39 is 28.3 Å². The lowest BCUT2D eigenvalue weighted by Gasteiger charge is -2.13. The lowest BCUT2D eigenvalue weighted by atomic mass is 10.2. The van der Waals surface area contributed by atoms with Crippen molar-refractivity contribution < 1.29 is 28.3 Å². The number of nitrogens with zero attached hydrogens (tertiary/aromatic N) is 1. The normalized spacial score (nSPS) is 12.0. The van der Waals surface area contributed by atoms with Crippen molar-refractivity contribution in [1.29, 1.82) is 0 Å². The van der Waals surface area contributed by atoms with E-state index in [1.54, 1.807) is 18.2 Å². The van der Waals surface area contributed by atoms with Gasteiger partial charge >= 0.3 is 5.69 Å². The van der Waals surface area contributed by atoms with Crippen LogP contribution in [0.3, 0.4) is 0 Å². The highest BCUT2D eigenvalue weighted by Gasteiger charge is 2.17. The third kappa shape index (κ3) is 4.97. The fourth-order valence-corrected chi connectivity index (χ4v) is 1.91. The SMILES string of the molecule is O=[N+]([O-])c1cc(F)ccc1OCC(O)COCc1ccccc1F. The molecule has 1 atom stereocenters. The molecule has 2 rings (SSSR count). The quantitative estimate of drug-likeness (QED) is 0.591. The zero-order valence-electron chi connectivity index (χ0n) is 12.5. The van der Waals surface area contributed by atoms with Crippen molar-refractivity contribution in [3.05, 3.63) is 69.8 Å². The standard InChI is InChI=1S/C16H15F2NO5/c17-12-5-6-16(15(7-12)19(21)22)24-10-13(20)9-23-8-11-3-1-2-4-14(11)18/h1-7,13,20H,8-10H2. The van der Waals surface area contributed by atoms with Crippen molar-refractivity contribution >= 4 is 5.69 Å². The number of aliphatic hydroxyl groups is 1. The molecule has 0 saturated heterocycles. The Balaban J connectivity index is 1.82. The summed E-state index contributed by atoms with van der Waals surface area (Å²) >= 11 is 0. The number of aliphatic hydroxyl groups excluding tert-OH is 1. The van der Waals surface area contributed by atoms with Crippen molar-refractivity contribution in [3.8, 4) is 5.75 Å². The first kappa shape index (κ1) is 17.8. The lowest BCUT2D eigenvalue weighted by Crippen LogP contribution is -2.23. The second-order valence-corrected chi connectivity index (χ2v) is 4.94. The highest BCUT2D eigenvalue weighted by atomic mass is 19.1. The minimum Gasteiger partial charge on any atom is -0.484 e. The van der Waals surface area contributed by atoms with Gasteiger partial charge in [0.05, 0.1) is 24.2 Å². The van der Waals surface area contributed by atoms with E-state index in [2.05, 4.69) is 0 Å². The highest BCUT2D eigenvalue weighted by Crippen LogP contribution is 2.27. The molecule has 2 aromatic rings. The summed E-state index contributed by atoms with van der Waals surface area (Å²) in [5.74, 6) is -1.33. The third-order valence-corrected chi connectivity index (χ3v) is 3.07. The maximum Gasteiger partial charge on any atom is 0.313 e. The molecule has 0 saturated carbocycles. The lowest BCUT2D eigenvalue weighted by molar-refractivity contribution is -0.386. The van der Waals surface area contributed by atoms with Crippen molar-refractivity contribution in [2.45, 2.75) is 12.7 Å². The van der Waals surface area contributed by atoms with Gasteiger partial charge in [0, 0.05) is 5.56 Å². The summed E-state index contributed by atoms with van der Waals surface area (Å²) in [5.41, 5.74) is -0.186. The molecule has 0 radical (unpaired) electrons. The molecule has 2 aromatic carbocycles. The summed E-state index contributed by atoms with van der Waals surface area (Å²) in [6.45, 7) is -0.465. The largest absolute Gasteiger partial charge is 0.484 e. The summed E-state index contributed by atoms with van der Waals surface area (Å²) < 4.78 is 36.7. The molecule has 8 heteroatoms. The van der Waals surface area contributed by atoms with E-state index in [9.17, 15) is 24.0 Å². The van der Waals surface area contributed by atoms with Crippen LogP contribution in [0.4, 0.5) is 14.5 Å². The molecule has 6 nitrogen and oxygen atoms in total. The Labute approximate surface area is 136 Å². The molecule has 128 valence electrons. The van der Waals surface area contributed by atoms with Crippen LogP contribution in [0, 0.1) is 21.7 Å². The molecule has 1 N–H and O–H groups in total. The van der Waals surface area contributed by atoms with Gasteiger partial charge in [-0.2, -0.15) is 0 Å². The summed E-state index contributed by atoms with van der Waals surface area (Å²) in [4.78, 5) is 10.0. The van der Waals surface area contributed by atoms with Crippen molar-refractivity contribution in [3.63, 3.8) is 0 Å². The minimum absolute atomic E-state index is 0.0274. The Kier molecular flexibility index (Phi) is 6.16. The number of rotatable bonds is 8. The van der Waals surface area contributed by atoms with Gasteiger partial charge in [0.1, 0.15) is 24.3 Å². The van der Waals surface area contributed by atoms with E-state index >= 15 is 0 Å². The van der Waals surface area contributed by atoms with Crippen molar-refractivity contribution in [2.24, 2.45) is 0 Å². The second-order valence-electron chi connectivity index (χ2n) is 4.94. The number of hydrogen-bond acceptors (Lipinski definition) is 5. The van der Waals surface area contributed by atoms with Gasteiger partial charge in [-0.3, -0.25) is 10.1 Å². The molecule has 0 heterocycles. The van der Waals surface area contributed by atoms with Crippen molar-refractivity contribution in [1.82, 2.24) is 0 Å². The van der Waals surface area contributed by atoms with E-state index in [1.807, 2.05) is 0 Å². The number of halogens is 2. The monoisotopic (exact) mass is 339 g/mol. The molecular formula is C16H15F2NO5. The molecule has 0 aromatic heterocycles. The summed E-state index contributed by atoms with van der Waals surface area (Å²) in [6, 6.07) is 8.93. The van der Waals surface area contributed by atoms with Crippen LogP contribution in [0.2, 0.25) is 0 Å². The van der Waals surface area contributed by atoms with Crippen LogP contribution in [0.5, 0.6) is 5.75 Å². The second kappa shape index (κ2) is 8.32. The Morgan fingerprint density at radius 3 is 2.62 bits per heavy atom. The average Bonchev–Trinajstić information content (AvgIpc) is 2.55. The Morgan fingerprint density at radius 2 is 1.92 bits per heavy atom. The van der Waals surface area contributed by atoms with E-state index in [0.717, 1.165) is 18.2 Å². The smallest absolute Gasteiger partial charge is 0.313 e. The number of nitro benzene ring substituents is 1. The first-order valence-electron chi connectivity index (χ1n) is 7.03. The summed E-state index contributed by atoms with van der Waals surface area (Å²) in [6.07, 6.45) is -1.08. The molecule has 0 bridgehead atoms. The maximum atomic E-state index is 13.4. The zero-order chi connectivity index (χ0) is 17.5.